The summed E-state index contributed by atoms with van der Waals surface area (Å²) in [6.07, 6.45) is 0. The number of halogens is 2. The number of hydrogen-bond acceptors (Lipinski definition) is 2. The molecule has 3 aromatic rings. The Balaban J connectivity index is 2.35. The maximum absolute atomic E-state index is 12.2. The highest BCUT2D eigenvalue weighted by Gasteiger charge is 2.13. The van der Waals surface area contributed by atoms with Gasteiger partial charge in [-0.05, 0) is 52.3 Å². The summed E-state index contributed by atoms with van der Waals surface area (Å²) in [5.74, 6) is -1.04. The van der Waals surface area contributed by atoms with Gasteiger partial charge in [-0.1, -0.05) is 15.9 Å². The highest BCUT2D eigenvalue weighted by molar-refractivity contribution is 9.11. The summed E-state index contributed by atoms with van der Waals surface area (Å²) in [7, 11) is 0. The minimum Gasteiger partial charge on any atom is -0.478 e. The van der Waals surface area contributed by atoms with E-state index in [1.165, 1.54) is 16.7 Å². The number of fused-ring (bicyclic) bond motifs is 1. The number of nitrogens with one attached hydrogen (secondary N) is 1. The van der Waals surface area contributed by atoms with Gasteiger partial charge in [-0.15, -0.1) is 0 Å². The lowest BCUT2D eigenvalue weighted by Gasteiger charge is -2.07. The summed E-state index contributed by atoms with van der Waals surface area (Å²) >= 11 is 6.77. The Hall–Kier alpha value is -1.86. The molecule has 0 aliphatic carbocycles. The van der Waals surface area contributed by atoms with Crippen LogP contribution in [0.1, 0.15) is 10.4 Å². The molecule has 0 spiro atoms. The molecule has 0 bridgehead atoms. The van der Waals surface area contributed by atoms with Gasteiger partial charge in [-0.2, -0.15) is 0 Å². The second-order valence-corrected chi connectivity index (χ2v) is 6.17. The number of carboxylic acids is 1. The number of rotatable bonds is 2. The van der Waals surface area contributed by atoms with Gasteiger partial charge < -0.3 is 10.1 Å². The van der Waals surface area contributed by atoms with Crippen LogP contribution in [-0.4, -0.2) is 20.6 Å². The maximum Gasteiger partial charge on any atom is 0.335 e. The fourth-order valence-corrected chi connectivity index (χ4v) is 3.36. The average Bonchev–Trinajstić information content (AvgIpc) is 2.74. The van der Waals surface area contributed by atoms with Gasteiger partial charge in [0.2, 0.25) is 0 Å². The van der Waals surface area contributed by atoms with Gasteiger partial charge in [-0.3, -0.25) is 4.57 Å². The van der Waals surface area contributed by atoms with E-state index in [2.05, 4.69) is 36.8 Å². The number of imidazole rings is 1. The Kier molecular flexibility index (Phi) is 3.46. The van der Waals surface area contributed by atoms with E-state index in [0.29, 0.717) is 16.7 Å². The zero-order valence-electron chi connectivity index (χ0n) is 10.4. The summed E-state index contributed by atoms with van der Waals surface area (Å²) in [6, 6.07) is 9.93. The van der Waals surface area contributed by atoms with Crippen LogP contribution in [0.3, 0.4) is 0 Å². The molecule has 1 aromatic heterocycles. The predicted molar refractivity (Wildman–Crippen MR) is 86.3 cm³/mol. The standard InChI is InChI=1S/C14H8Br2N2O3/c15-8-2-4-11(9(16)6-8)18-12-5-7(13(19)20)1-3-10(12)17-14(18)21/h1-6H,(H,17,21)(H,19,20). The Morgan fingerprint density at radius 1 is 1.14 bits per heavy atom. The molecule has 21 heavy (non-hydrogen) atoms. The molecule has 0 saturated carbocycles. The number of hydrogen-bond donors (Lipinski definition) is 2. The zero-order chi connectivity index (χ0) is 15.1. The molecule has 3 rings (SSSR count). The number of benzene rings is 2. The Morgan fingerprint density at radius 2 is 1.90 bits per heavy atom. The van der Waals surface area contributed by atoms with E-state index in [1.807, 2.05) is 12.1 Å². The van der Waals surface area contributed by atoms with Crippen LogP contribution >= 0.6 is 31.9 Å². The predicted octanol–water partition coefficient (Wildman–Crippen LogP) is 3.54. The van der Waals surface area contributed by atoms with Crippen molar-refractivity contribution in [3.8, 4) is 5.69 Å². The molecule has 0 aliphatic rings. The second-order valence-electron chi connectivity index (χ2n) is 4.40. The van der Waals surface area contributed by atoms with Crippen molar-refractivity contribution in [2.75, 3.05) is 0 Å². The molecule has 0 atom stereocenters. The molecule has 0 unspecified atom stereocenters. The van der Waals surface area contributed by atoms with Crippen LogP contribution in [0.4, 0.5) is 0 Å². The quantitative estimate of drug-likeness (QED) is 0.677. The molecule has 1 heterocycles. The summed E-state index contributed by atoms with van der Waals surface area (Å²) in [5, 5.41) is 9.09. The lowest BCUT2D eigenvalue weighted by Crippen LogP contribution is -2.15. The monoisotopic (exact) mass is 410 g/mol. The average molecular weight is 412 g/mol. The summed E-state index contributed by atoms with van der Waals surface area (Å²) in [4.78, 5) is 26.0. The minimum absolute atomic E-state index is 0.128. The molecule has 106 valence electrons. The van der Waals surface area contributed by atoms with Crippen LogP contribution in [0.15, 0.2) is 50.1 Å². The molecule has 0 amide bonds. The third kappa shape index (κ3) is 2.43. The van der Waals surface area contributed by atoms with Crippen molar-refractivity contribution < 1.29 is 9.90 Å². The Labute approximate surface area is 135 Å². The molecule has 7 heteroatoms. The minimum atomic E-state index is -1.04. The third-order valence-corrected chi connectivity index (χ3v) is 4.21. The van der Waals surface area contributed by atoms with E-state index in [4.69, 9.17) is 5.11 Å². The number of aromatic nitrogens is 2. The highest BCUT2D eigenvalue weighted by Crippen LogP contribution is 2.26. The van der Waals surface area contributed by atoms with Crippen LogP contribution in [0.5, 0.6) is 0 Å². The van der Waals surface area contributed by atoms with E-state index in [-0.39, 0.29) is 11.3 Å². The van der Waals surface area contributed by atoms with Crippen LogP contribution < -0.4 is 5.69 Å². The van der Waals surface area contributed by atoms with Crippen molar-refractivity contribution in [3.63, 3.8) is 0 Å². The van der Waals surface area contributed by atoms with Crippen molar-refractivity contribution >= 4 is 48.9 Å². The van der Waals surface area contributed by atoms with Crippen LogP contribution in [0.2, 0.25) is 0 Å². The Bertz CT molecular complexity index is 928. The van der Waals surface area contributed by atoms with Gasteiger partial charge in [0.1, 0.15) is 0 Å². The molecule has 2 aromatic carbocycles. The number of carbonyl (C=O) groups is 1. The topological polar surface area (TPSA) is 75.1 Å². The maximum atomic E-state index is 12.2. The first-order valence-corrected chi connectivity index (χ1v) is 7.49. The molecule has 0 saturated heterocycles. The van der Waals surface area contributed by atoms with Gasteiger partial charge >= 0.3 is 11.7 Å². The van der Waals surface area contributed by atoms with E-state index >= 15 is 0 Å². The normalized spacial score (nSPS) is 11.0. The first-order chi connectivity index (χ1) is 9.97. The van der Waals surface area contributed by atoms with Crippen LogP contribution in [0, 0.1) is 0 Å². The smallest absolute Gasteiger partial charge is 0.335 e. The first-order valence-electron chi connectivity index (χ1n) is 5.91. The fourth-order valence-electron chi connectivity index (χ4n) is 2.14. The van der Waals surface area contributed by atoms with Gasteiger partial charge in [0.15, 0.2) is 0 Å². The SMILES string of the molecule is O=C(O)c1ccc2[nH]c(=O)n(-c3ccc(Br)cc3Br)c2c1. The summed E-state index contributed by atoms with van der Waals surface area (Å²) in [5.41, 5.74) is 1.54. The van der Waals surface area contributed by atoms with Crippen molar-refractivity contribution in [1.29, 1.82) is 0 Å². The van der Waals surface area contributed by atoms with E-state index in [9.17, 15) is 9.59 Å². The number of carboxylic acid groups (broad SMARTS) is 1. The molecule has 0 radical (unpaired) electrons. The molecular weight excluding hydrogens is 404 g/mol. The van der Waals surface area contributed by atoms with Gasteiger partial charge in [0, 0.05) is 8.95 Å². The lowest BCUT2D eigenvalue weighted by atomic mass is 10.2. The van der Waals surface area contributed by atoms with E-state index in [1.54, 1.807) is 12.1 Å². The molecule has 0 aliphatic heterocycles. The third-order valence-electron chi connectivity index (χ3n) is 3.08. The molecule has 2 N–H and O–H groups in total. The first kappa shape index (κ1) is 14.1. The molecular formula is C14H8Br2N2O3. The Morgan fingerprint density at radius 3 is 2.57 bits per heavy atom. The summed E-state index contributed by atoms with van der Waals surface area (Å²) < 4.78 is 3.04. The van der Waals surface area contributed by atoms with Gasteiger partial charge in [0.05, 0.1) is 22.3 Å². The molecule has 0 fully saturated rings. The van der Waals surface area contributed by atoms with E-state index in [0.717, 1.165) is 8.95 Å². The van der Waals surface area contributed by atoms with Gasteiger partial charge in [-0.25, -0.2) is 9.59 Å². The van der Waals surface area contributed by atoms with Crippen molar-refractivity contribution in [2.24, 2.45) is 0 Å². The largest absolute Gasteiger partial charge is 0.478 e. The van der Waals surface area contributed by atoms with E-state index < -0.39 is 5.97 Å². The number of aromatic amines is 1. The lowest BCUT2D eigenvalue weighted by molar-refractivity contribution is 0.0697. The van der Waals surface area contributed by atoms with Crippen molar-refractivity contribution in [3.05, 3.63) is 61.4 Å². The number of aromatic carboxylic acids is 1. The highest BCUT2D eigenvalue weighted by atomic mass is 79.9. The second kappa shape index (κ2) is 5.16. The van der Waals surface area contributed by atoms with Crippen LogP contribution in [-0.2, 0) is 0 Å². The molecule has 5 nitrogen and oxygen atoms in total. The zero-order valence-corrected chi connectivity index (χ0v) is 13.6. The van der Waals surface area contributed by atoms with Crippen molar-refractivity contribution in [2.45, 2.75) is 0 Å². The van der Waals surface area contributed by atoms with Crippen molar-refractivity contribution in [1.82, 2.24) is 9.55 Å². The number of H-pyrrole nitrogens is 1. The summed E-state index contributed by atoms with van der Waals surface area (Å²) in [6.45, 7) is 0. The van der Waals surface area contributed by atoms with Crippen LogP contribution in [0.25, 0.3) is 16.7 Å². The number of nitrogens with zero attached hydrogens (tertiary/aromatic N) is 1. The fraction of sp³-hybridized carbons (Fsp3) is 0. The van der Waals surface area contributed by atoms with Gasteiger partial charge in [0.25, 0.3) is 0 Å².